The van der Waals surface area contributed by atoms with Gasteiger partial charge in [-0.05, 0) is 6.92 Å². The predicted molar refractivity (Wildman–Crippen MR) is 66.3 cm³/mol. The second kappa shape index (κ2) is 9.73. The fraction of sp³-hybridized carbons (Fsp3) is 0.545. The van der Waals surface area contributed by atoms with Crippen LogP contribution in [-0.4, -0.2) is 36.5 Å². The van der Waals surface area contributed by atoms with Gasteiger partial charge >= 0.3 is 5.97 Å². The minimum Gasteiger partial charge on any atom is -0.460 e. The molecule has 1 unspecified atom stereocenters. The average molecular weight is 256 g/mol. The van der Waals surface area contributed by atoms with Gasteiger partial charge in [0.15, 0.2) is 5.92 Å². The van der Waals surface area contributed by atoms with Crippen molar-refractivity contribution in [3.8, 4) is 6.07 Å². The highest BCUT2D eigenvalue weighted by Crippen LogP contribution is 2.09. The number of amides is 1. The molecule has 0 saturated heterocycles. The van der Waals surface area contributed by atoms with E-state index in [0.717, 1.165) is 0 Å². The smallest absolute Gasteiger partial charge is 0.324 e. The summed E-state index contributed by atoms with van der Waals surface area (Å²) in [7, 11) is 0. The van der Waals surface area contributed by atoms with Gasteiger partial charge in [0.2, 0.25) is 5.91 Å². The SMILES string of the molecule is C=CCOC(=O)C(C#N)CSCC(=O)NCC. The number of esters is 1. The van der Waals surface area contributed by atoms with Crippen molar-refractivity contribution in [2.45, 2.75) is 6.92 Å². The Labute approximate surface area is 105 Å². The van der Waals surface area contributed by atoms with E-state index in [-0.39, 0.29) is 24.0 Å². The van der Waals surface area contributed by atoms with Crippen molar-refractivity contribution in [3.05, 3.63) is 12.7 Å². The van der Waals surface area contributed by atoms with Crippen LogP contribution in [0.2, 0.25) is 0 Å². The fourth-order valence-corrected chi connectivity index (χ4v) is 1.77. The summed E-state index contributed by atoms with van der Waals surface area (Å²) in [5.41, 5.74) is 0. The van der Waals surface area contributed by atoms with E-state index < -0.39 is 11.9 Å². The molecule has 0 aromatic heterocycles. The minimum absolute atomic E-state index is 0.0952. The number of carbonyl (C=O) groups is 2. The standard InChI is InChI=1S/C11H16N2O3S/c1-3-5-16-11(15)9(6-12)7-17-8-10(14)13-4-2/h3,9H,1,4-5,7-8H2,2H3,(H,13,14). The highest BCUT2D eigenvalue weighted by atomic mass is 32.2. The number of hydrogen-bond acceptors (Lipinski definition) is 5. The Morgan fingerprint density at radius 3 is 2.88 bits per heavy atom. The second-order valence-corrected chi connectivity index (χ2v) is 4.10. The van der Waals surface area contributed by atoms with Gasteiger partial charge in [-0.1, -0.05) is 12.7 Å². The third-order valence-corrected chi connectivity index (χ3v) is 2.71. The van der Waals surface area contributed by atoms with Crippen LogP contribution in [0.15, 0.2) is 12.7 Å². The molecule has 1 atom stereocenters. The lowest BCUT2D eigenvalue weighted by molar-refractivity contribution is -0.144. The summed E-state index contributed by atoms with van der Waals surface area (Å²) < 4.78 is 4.76. The third-order valence-electron chi connectivity index (χ3n) is 1.68. The van der Waals surface area contributed by atoms with Gasteiger partial charge in [0.05, 0.1) is 11.8 Å². The molecule has 0 radical (unpaired) electrons. The highest BCUT2D eigenvalue weighted by molar-refractivity contribution is 7.99. The van der Waals surface area contributed by atoms with E-state index in [1.165, 1.54) is 17.8 Å². The van der Waals surface area contributed by atoms with Crippen molar-refractivity contribution in [2.75, 3.05) is 24.7 Å². The zero-order valence-corrected chi connectivity index (χ0v) is 10.6. The third kappa shape index (κ3) is 7.41. The molecular weight excluding hydrogens is 240 g/mol. The van der Waals surface area contributed by atoms with Gasteiger partial charge in [0.25, 0.3) is 0 Å². The molecule has 0 aliphatic rings. The maximum absolute atomic E-state index is 11.3. The van der Waals surface area contributed by atoms with E-state index in [2.05, 4.69) is 11.9 Å². The molecule has 0 heterocycles. The predicted octanol–water partition coefficient (Wildman–Crippen LogP) is 0.725. The Bertz CT molecular complexity index is 312. The fourth-order valence-electron chi connectivity index (χ4n) is 0.917. The summed E-state index contributed by atoms with van der Waals surface area (Å²) in [5.74, 6) is -1.02. The molecule has 94 valence electrons. The zero-order valence-electron chi connectivity index (χ0n) is 9.77. The Kier molecular flexibility index (Phi) is 8.88. The van der Waals surface area contributed by atoms with Crippen LogP contribution in [-0.2, 0) is 14.3 Å². The molecule has 0 spiro atoms. The lowest BCUT2D eigenvalue weighted by Gasteiger charge is -2.07. The number of ether oxygens (including phenoxy) is 1. The molecule has 0 aliphatic heterocycles. The minimum atomic E-state index is -0.839. The van der Waals surface area contributed by atoms with Crippen LogP contribution in [0, 0.1) is 17.2 Å². The average Bonchev–Trinajstić information content (AvgIpc) is 2.32. The Morgan fingerprint density at radius 1 is 1.65 bits per heavy atom. The van der Waals surface area contributed by atoms with Crippen molar-refractivity contribution in [2.24, 2.45) is 5.92 Å². The van der Waals surface area contributed by atoms with Crippen molar-refractivity contribution < 1.29 is 14.3 Å². The van der Waals surface area contributed by atoms with E-state index in [1.807, 2.05) is 13.0 Å². The number of nitrogens with one attached hydrogen (secondary N) is 1. The van der Waals surface area contributed by atoms with Crippen molar-refractivity contribution in [3.63, 3.8) is 0 Å². The summed E-state index contributed by atoms with van der Waals surface area (Å²) >= 11 is 1.23. The molecule has 1 amide bonds. The van der Waals surface area contributed by atoms with E-state index in [0.29, 0.717) is 6.54 Å². The van der Waals surface area contributed by atoms with Crippen LogP contribution in [0.1, 0.15) is 6.92 Å². The molecule has 0 aromatic rings. The van der Waals surface area contributed by atoms with Crippen LogP contribution in [0.25, 0.3) is 0 Å². The van der Waals surface area contributed by atoms with Gasteiger partial charge in [-0.3, -0.25) is 9.59 Å². The molecule has 17 heavy (non-hydrogen) atoms. The molecule has 0 aliphatic carbocycles. The Hall–Kier alpha value is -1.48. The van der Waals surface area contributed by atoms with Gasteiger partial charge < -0.3 is 10.1 Å². The van der Waals surface area contributed by atoms with Gasteiger partial charge in [0.1, 0.15) is 6.61 Å². The van der Waals surface area contributed by atoms with E-state index >= 15 is 0 Å². The van der Waals surface area contributed by atoms with E-state index in [4.69, 9.17) is 10.00 Å². The molecule has 0 rings (SSSR count). The van der Waals surface area contributed by atoms with E-state index in [9.17, 15) is 9.59 Å². The monoisotopic (exact) mass is 256 g/mol. The molecule has 0 bridgehead atoms. The van der Waals surface area contributed by atoms with Gasteiger partial charge in [0, 0.05) is 12.3 Å². The van der Waals surface area contributed by atoms with Crippen molar-refractivity contribution in [1.29, 1.82) is 5.26 Å². The molecule has 0 fully saturated rings. The first-order valence-electron chi connectivity index (χ1n) is 5.17. The zero-order chi connectivity index (χ0) is 13.1. The summed E-state index contributed by atoms with van der Waals surface area (Å²) in [4.78, 5) is 22.4. The first-order chi connectivity index (χ1) is 8.15. The molecular formula is C11H16N2O3S. The number of thioether (sulfide) groups is 1. The number of carbonyl (C=O) groups excluding carboxylic acids is 2. The number of nitrogens with zero attached hydrogens (tertiary/aromatic N) is 1. The molecule has 1 N–H and O–H groups in total. The first-order valence-corrected chi connectivity index (χ1v) is 6.32. The Morgan fingerprint density at radius 2 is 2.35 bits per heavy atom. The normalized spacial score (nSPS) is 11.1. The van der Waals surface area contributed by atoms with Crippen LogP contribution in [0.3, 0.4) is 0 Å². The number of rotatable bonds is 8. The molecule has 5 nitrogen and oxygen atoms in total. The van der Waals surface area contributed by atoms with E-state index in [1.54, 1.807) is 0 Å². The summed E-state index contributed by atoms with van der Waals surface area (Å²) in [6.45, 7) is 5.90. The van der Waals surface area contributed by atoms with Gasteiger partial charge in [-0.15, -0.1) is 0 Å². The highest BCUT2D eigenvalue weighted by Gasteiger charge is 2.19. The van der Waals surface area contributed by atoms with Crippen LogP contribution in [0.5, 0.6) is 0 Å². The maximum Gasteiger partial charge on any atom is 0.324 e. The summed E-state index contributed by atoms with van der Waals surface area (Å²) in [6, 6.07) is 1.86. The molecule has 0 saturated carbocycles. The van der Waals surface area contributed by atoms with Gasteiger partial charge in [-0.2, -0.15) is 17.0 Å². The molecule has 6 heteroatoms. The van der Waals surface area contributed by atoms with Crippen LogP contribution in [0.4, 0.5) is 0 Å². The lowest BCUT2D eigenvalue weighted by atomic mass is 10.2. The quantitative estimate of drug-likeness (QED) is 0.511. The van der Waals surface area contributed by atoms with Crippen molar-refractivity contribution >= 4 is 23.6 Å². The lowest BCUT2D eigenvalue weighted by Crippen LogP contribution is -2.25. The summed E-state index contributed by atoms with van der Waals surface area (Å²) in [6.07, 6.45) is 1.44. The maximum atomic E-state index is 11.3. The second-order valence-electron chi connectivity index (χ2n) is 3.07. The first kappa shape index (κ1) is 15.5. The number of hydrogen-bond donors (Lipinski definition) is 1. The number of nitriles is 1. The molecule has 0 aromatic carbocycles. The van der Waals surface area contributed by atoms with Crippen LogP contribution < -0.4 is 5.32 Å². The van der Waals surface area contributed by atoms with Crippen LogP contribution >= 0.6 is 11.8 Å². The summed E-state index contributed by atoms with van der Waals surface area (Å²) in [5, 5.41) is 11.4. The Balaban J connectivity index is 3.90. The van der Waals surface area contributed by atoms with Crippen molar-refractivity contribution in [1.82, 2.24) is 5.32 Å². The largest absolute Gasteiger partial charge is 0.460 e. The van der Waals surface area contributed by atoms with Gasteiger partial charge in [-0.25, -0.2) is 0 Å². The topological polar surface area (TPSA) is 79.2 Å².